The lowest BCUT2D eigenvalue weighted by Crippen LogP contribution is -2.34. The van der Waals surface area contributed by atoms with E-state index in [2.05, 4.69) is 17.1 Å². The maximum absolute atomic E-state index is 5.97. The Hall–Kier alpha value is -0.590. The van der Waals surface area contributed by atoms with Crippen molar-refractivity contribution < 1.29 is 4.52 Å². The zero-order chi connectivity index (χ0) is 13.3. The van der Waals surface area contributed by atoms with Crippen molar-refractivity contribution >= 4 is 11.8 Å². The van der Waals surface area contributed by atoms with E-state index in [0.717, 1.165) is 36.9 Å². The van der Waals surface area contributed by atoms with Crippen LogP contribution in [0.4, 0.5) is 0 Å². The molecule has 19 heavy (non-hydrogen) atoms. The van der Waals surface area contributed by atoms with E-state index < -0.39 is 0 Å². The fourth-order valence-electron chi connectivity index (χ4n) is 3.10. The van der Waals surface area contributed by atoms with E-state index in [1.807, 2.05) is 11.8 Å². The van der Waals surface area contributed by atoms with Gasteiger partial charge in [0, 0.05) is 24.6 Å². The number of nitrogens with two attached hydrogens (primary N) is 1. The zero-order valence-electron chi connectivity index (χ0n) is 11.5. The second kappa shape index (κ2) is 5.42. The Morgan fingerprint density at radius 2 is 2.26 bits per heavy atom. The van der Waals surface area contributed by atoms with Gasteiger partial charge in [-0.1, -0.05) is 18.0 Å². The highest BCUT2D eigenvalue weighted by atomic mass is 32.2. The molecule has 1 saturated carbocycles. The fourth-order valence-corrected chi connectivity index (χ4v) is 4.31. The summed E-state index contributed by atoms with van der Waals surface area (Å²) in [5.41, 5.74) is 5.92. The van der Waals surface area contributed by atoms with Crippen molar-refractivity contribution in [2.75, 3.05) is 31.6 Å². The van der Waals surface area contributed by atoms with Crippen molar-refractivity contribution in [1.82, 2.24) is 15.0 Å². The van der Waals surface area contributed by atoms with Gasteiger partial charge >= 0.3 is 0 Å². The molecule has 2 fully saturated rings. The van der Waals surface area contributed by atoms with Crippen LogP contribution in [0.25, 0.3) is 0 Å². The van der Waals surface area contributed by atoms with Gasteiger partial charge in [0.2, 0.25) is 5.89 Å². The molecule has 0 bridgehead atoms. The summed E-state index contributed by atoms with van der Waals surface area (Å²) in [5, 5.41) is 4.23. The lowest BCUT2D eigenvalue weighted by Gasteiger charge is -2.29. The minimum absolute atomic E-state index is 0.0500. The lowest BCUT2D eigenvalue weighted by molar-refractivity contribution is 0.251. The average Bonchev–Trinajstić information content (AvgIpc) is 3.09. The van der Waals surface area contributed by atoms with Crippen LogP contribution in [0.15, 0.2) is 4.52 Å². The number of nitrogens with zero attached hydrogens (tertiary/aromatic N) is 3. The molecule has 1 aromatic heterocycles. The molecule has 1 atom stereocenters. The van der Waals surface area contributed by atoms with Gasteiger partial charge in [-0.3, -0.25) is 4.90 Å². The number of thioether (sulfide) groups is 1. The Kier molecular flexibility index (Phi) is 3.82. The van der Waals surface area contributed by atoms with Gasteiger partial charge in [0.05, 0.1) is 11.5 Å². The standard InChI is InChI=1S/C13H22N4OS/c1-17-6-7-19-8-10(17)11-15-12(18-16-11)13(9-14)4-2-3-5-13/h10H,2-9,14H2,1H3. The molecule has 0 spiro atoms. The number of aromatic nitrogens is 2. The molecule has 2 N–H and O–H groups in total. The third-order valence-corrected chi connectivity index (χ3v) is 5.56. The van der Waals surface area contributed by atoms with Crippen LogP contribution in [0, 0.1) is 0 Å². The second-order valence-electron chi connectivity index (χ2n) is 5.72. The van der Waals surface area contributed by atoms with E-state index in [4.69, 9.17) is 15.2 Å². The third kappa shape index (κ3) is 2.41. The van der Waals surface area contributed by atoms with Crippen LogP contribution in [0.3, 0.4) is 0 Å². The van der Waals surface area contributed by atoms with Gasteiger partial charge in [0.1, 0.15) is 0 Å². The number of rotatable bonds is 3. The van der Waals surface area contributed by atoms with Crippen molar-refractivity contribution in [3.8, 4) is 0 Å². The number of hydrogen-bond acceptors (Lipinski definition) is 6. The molecule has 1 saturated heterocycles. The van der Waals surface area contributed by atoms with E-state index in [-0.39, 0.29) is 11.5 Å². The average molecular weight is 282 g/mol. The molecule has 0 amide bonds. The normalized spacial score (nSPS) is 27.8. The molecule has 5 nitrogen and oxygen atoms in total. The summed E-state index contributed by atoms with van der Waals surface area (Å²) < 4.78 is 5.57. The SMILES string of the molecule is CN1CCSCC1c1noc(C2(CN)CCCC2)n1. The van der Waals surface area contributed by atoms with Crippen LogP contribution in [-0.4, -0.2) is 46.7 Å². The second-order valence-corrected chi connectivity index (χ2v) is 6.87. The minimum Gasteiger partial charge on any atom is -0.339 e. The zero-order valence-corrected chi connectivity index (χ0v) is 12.3. The molecule has 1 aliphatic carbocycles. The molecular formula is C13H22N4OS. The Morgan fingerprint density at radius 3 is 2.95 bits per heavy atom. The molecule has 2 heterocycles. The summed E-state index contributed by atoms with van der Waals surface area (Å²) in [5.74, 6) is 3.84. The van der Waals surface area contributed by atoms with E-state index in [1.165, 1.54) is 18.6 Å². The molecule has 0 radical (unpaired) electrons. The van der Waals surface area contributed by atoms with Gasteiger partial charge in [0.25, 0.3) is 0 Å². The molecule has 106 valence electrons. The highest BCUT2D eigenvalue weighted by Crippen LogP contribution is 2.40. The highest BCUT2D eigenvalue weighted by molar-refractivity contribution is 7.99. The summed E-state index contributed by atoms with van der Waals surface area (Å²) in [6.45, 7) is 1.70. The first kappa shape index (κ1) is 13.4. The monoisotopic (exact) mass is 282 g/mol. The van der Waals surface area contributed by atoms with Gasteiger partial charge in [-0.25, -0.2) is 0 Å². The van der Waals surface area contributed by atoms with Gasteiger partial charge in [-0.05, 0) is 19.9 Å². The summed E-state index contributed by atoms with van der Waals surface area (Å²) >= 11 is 1.96. The summed E-state index contributed by atoms with van der Waals surface area (Å²) in [7, 11) is 2.13. The maximum atomic E-state index is 5.97. The van der Waals surface area contributed by atoms with Gasteiger partial charge in [-0.15, -0.1) is 0 Å². The first-order valence-electron chi connectivity index (χ1n) is 7.07. The van der Waals surface area contributed by atoms with E-state index in [1.54, 1.807) is 0 Å². The molecule has 6 heteroatoms. The highest BCUT2D eigenvalue weighted by Gasteiger charge is 2.40. The third-order valence-electron chi connectivity index (χ3n) is 4.54. The Labute approximate surface area is 118 Å². The van der Waals surface area contributed by atoms with Crippen molar-refractivity contribution in [3.63, 3.8) is 0 Å². The molecule has 2 aliphatic rings. The first-order valence-corrected chi connectivity index (χ1v) is 8.23. The van der Waals surface area contributed by atoms with E-state index >= 15 is 0 Å². The number of hydrogen-bond donors (Lipinski definition) is 1. The van der Waals surface area contributed by atoms with Gasteiger partial charge in [-0.2, -0.15) is 16.7 Å². The molecule has 3 rings (SSSR count). The van der Waals surface area contributed by atoms with Crippen LogP contribution >= 0.6 is 11.8 Å². The fraction of sp³-hybridized carbons (Fsp3) is 0.846. The largest absolute Gasteiger partial charge is 0.339 e. The summed E-state index contributed by atoms with van der Waals surface area (Å²) in [6, 6.07) is 0.285. The van der Waals surface area contributed by atoms with Crippen LogP contribution in [0.1, 0.15) is 43.4 Å². The maximum Gasteiger partial charge on any atom is 0.234 e. The molecule has 1 aliphatic heterocycles. The van der Waals surface area contributed by atoms with Crippen LogP contribution in [0.2, 0.25) is 0 Å². The summed E-state index contributed by atoms with van der Waals surface area (Å²) in [4.78, 5) is 7.01. The first-order chi connectivity index (χ1) is 9.25. The van der Waals surface area contributed by atoms with Crippen molar-refractivity contribution in [2.45, 2.75) is 37.1 Å². The van der Waals surface area contributed by atoms with E-state index in [9.17, 15) is 0 Å². The van der Waals surface area contributed by atoms with Gasteiger partial charge in [0.15, 0.2) is 5.82 Å². The van der Waals surface area contributed by atoms with E-state index in [0.29, 0.717) is 6.54 Å². The van der Waals surface area contributed by atoms with Crippen molar-refractivity contribution in [3.05, 3.63) is 11.7 Å². The quantitative estimate of drug-likeness (QED) is 0.907. The predicted molar refractivity (Wildman–Crippen MR) is 76.2 cm³/mol. The molecule has 1 aromatic rings. The Balaban J connectivity index is 1.82. The molecule has 0 aromatic carbocycles. The van der Waals surface area contributed by atoms with Crippen molar-refractivity contribution in [1.29, 1.82) is 0 Å². The lowest BCUT2D eigenvalue weighted by atomic mass is 9.86. The Bertz CT molecular complexity index is 430. The topological polar surface area (TPSA) is 68.2 Å². The predicted octanol–water partition coefficient (Wildman–Crippen LogP) is 1.56. The summed E-state index contributed by atoms with van der Waals surface area (Å²) in [6.07, 6.45) is 4.60. The van der Waals surface area contributed by atoms with Crippen LogP contribution in [-0.2, 0) is 5.41 Å². The van der Waals surface area contributed by atoms with Crippen molar-refractivity contribution in [2.24, 2.45) is 5.73 Å². The smallest absolute Gasteiger partial charge is 0.234 e. The van der Waals surface area contributed by atoms with Gasteiger partial charge < -0.3 is 10.3 Å². The minimum atomic E-state index is -0.0500. The Morgan fingerprint density at radius 1 is 1.47 bits per heavy atom. The molecule has 1 unspecified atom stereocenters. The van der Waals surface area contributed by atoms with Crippen LogP contribution in [0.5, 0.6) is 0 Å². The van der Waals surface area contributed by atoms with Crippen LogP contribution < -0.4 is 5.73 Å². The molecular weight excluding hydrogens is 260 g/mol.